The van der Waals surface area contributed by atoms with Gasteiger partial charge < -0.3 is 24.4 Å². The fourth-order valence-corrected chi connectivity index (χ4v) is 3.76. The minimum atomic E-state index is -5.08. The molecule has 0 radical (unpaired) electrons. The molecule has 0 aliphatic carbocycles. The second kappa shape index (κ2) is 9.56. The summed E-state index contributed by atoms with van der Waals surface area (Å²) in [5.41, 5.74) is 0. The van der Waals surface area contributed by atoms with Gasteiger partial charge in [-0.1, -0.05) is 0 Å². The van der Waals surface area contributed by atoms with Crippen LogP contribution in [0.5, 0.6) is 0 Å². The van der Waals surface area contributed by atoms with E-state index in [0.717, 1.165) is 25.3 Å². The van der Waals surface area contributed by atoms with Crippen molar-refractivity contribution in [1.29, 1.82) is 0 Å². The fraction of sp³-hybridized carbons (Fsp3) is 0.667. The Balaban J connectivity index is 0.000000318. The van der Waals surface area contributed by atoms with Crippen LogP contribution in [0.2, 0.25) is 0 Å². The second-order valence-corrected chi connectivity index (χ2v) is 7.15. The van der Waals surface area contributed by atoms with Gasteiger partial charge in [0, 0.05) is 51.2 Å². The summed E-state index contributed by atoms with van der Waals surface area (Å²) < 4.78 is 43.0. The van der Waals surface area contributed by atoms with Crippen molar-refractivity contribution in [3.8, 4) is 0 Å². The summed E-state index contributed by atoms with van der Waals surface area (Å²) in [7, 11) is 0. The van der Waals surface area contributed by atoms with Crippen molar-refractivity contribution in [1.82, 2.24) is 14.9 Å². The molecule has 0 aromatic carbocycles. The van der Waals surface area contributed by atoms with Gasteiger partial charge >= 0.3 is 12.1 Å². The summed E-state index contributed by atoms with van der Waals surface area (Å²) in [5, 5.41) is 7.12. The number of halogens is 3. The van der Waals surface area contributed by atoms with E-state index in [1.807, 2.05) is 11.0 Å². The zero-order chi connectivity index (χ0) is 21.7. The second-order valence-electron chi connectivity index (χ2n) is 7.15. The van der Waals surface area contributed by atoms with Crippen LogP contribution in [0.15, 0.2) is 18.5 Å². The average Bonchev–Trinajstić information content (AvgIpc) is 3.18. The predicted octanol–water partition coefficient (Wildman–Crippen LogP) is 0.952. The van der Waals surface area contributed by atoms with Crippen LogP contribution >= 0.6 is 0 Å². The smallest absolute Gasteiger partial charge is 0.475 e. The first-order chi connectivity index (χ1) is 14.3. The summed E-state index contributed by atoms with van der Waals surface area (Å²) in [6.07, 6.45) is 0.143. The van der Waals surface area contributed by atoms with E-state index < -0.39 is 12.1 Å². The van der Waals surface area contributed by atoms with Crippen molar-refractivity contribution in [2.75, 3.05) is 44.4 Å². The first-order valence-corrected chi connectivity index (χ1v) is 9.59. The van der Waals surface area contributed by atoms with Crippen molar-refractivity contribution < 1.29 is 37.3 Å². The van der Waals surface area contributed by atoms with E-state index in [9.17, 15) is 18.0 Å². The Hall–Kier alpha value is -2.47. The minimum absolute atomic E-state index is 0.0522. The molecule has 0 spiro atoms. The van der Waals surface area contributed by atoms with Gasteiger partial charge in [-0.3, -0.25) is 4.79 Å². The quantitative estimate of drug-likeness (QED) is 0.737. The molecule has 1 N–H and O–H groups in total. The lowest BCUT2D eigenvalue weighted by Crippen LogP contribution is -2.51. The third-order valence-electron chi connectivity index (χ3n) is 5.24. The highest BCUT2D eigenvalue weighted by atomic mass is 19.4. The number of hydrogen-bond donors (Lipinski definition) is 1. The van der Waals surface area contributed by atoms with Gasteiger partial charge in [-0.15, -0.1) is 0 Å². The van der Waals surface area contributed by atoms with Crippen LogP contribution in [0.3, 0.4) is 0 Å². The lowest BCUT2D eigenvalue weighted by Gasteiger charge is -2.36. The molecule has 9 nitrogen and oxygen atoms in total. The maximum atomic E-state index is 12.8. The van der Waals surface area contributed by atoms with Gasteiger partial charge in [0.1, 0.15) is 0 Å². The Kier molecular flexibility index (Phi) is 7.08. The van der Waals surface area contributed by atoms with Gasteiger partial charge in [0.05, 0.1) is 18.8 Å². The van der Waals surface area contributed by atoms with Crippen LogP contribution < -0.4 is 4.90 Å². The zero-order valence-electron chi connectivity index (χ0n) is 16.1. The molecular weight excluding hydrogens is 409 g/mol. The van der Waals surface area contributed by atoms with Gasteiger partial charge in [-0.25, -0.2) is 14.8 Å². The van der Waals surface area contributed by atoms with Crippen LogP contribution in [-0.4, -0.2) is 89.6 Å². The van der Waals surface area contributed by atoms with Crippen molar-refractivity contribution in [2.24, 2.45) is 5.92 Å². The summed E-state index contributed by atoms with van der Waals surface area (Å²) in [4.78, 5) is 34.5. The van der Waals surface area contributed by atoms with E-state index in [2.05, 4.69) is 14.9 Å². The predicted molar refractivity (Wildman–Crippen MR) is 96.7 cm³/mol. The van der Waals surface area contributed by atoms with Crippen molar-refractivity contribution in [3.05, 3.63) is 18.5 Å². The number of carboxylic acid groups (broad SMARTS) is 1. The highest BCUT2D eigenvalue weighted by Crippen LogP contribution is 2.28. The zero-order valence-corrected chi connectivity index (χ0v) is 16.1. The summed E-state index contributed by atoms with van der Waals surface area (Å²) in [6.45, 7) is 4.17. The van der Waals surface area contributed by atoms with Gasteiger partial charge in [-0.2, -0.15) is 13.2 Å². The number of anilines is 1. The molecule has 30 heavy (non-hydrogen) atoms. The van der Waals surface area contributed by atoms with Gasteiger partial charge in [0.15, 0.2) is 0 Å². The molecule has 1 aromatic rings. The van der Waals surface area contributed by atoms with Crippen molar-refractivity contribution in [2.45, 2.75) is 31.2 Å². The molecule has 0 saturated carbocycles. The van der Waals surface area contributed by atoms with Crippen LogP contribution in [0.4, 0.5) is 19.1 Å². The molecule has 3 aliphatic heterocycles. The van der Waals surface area contributed by atoms with Crippen molar-refractivity contribution in [3.63, 3.8) is 0 Å². The molecule has 1 amide bonds. The maximum absolute atomic E-state index is 12.8. The van der Waals surface area contributed by atoms with E-state index in [4.69, 9.17) is 19.4 Å². The molecule has 4 rings (SSSR count). The molecule has 4 heterocycles. The number of hydrogen-bond acceptors (Lipinski definition) is 7. The lowest BCUT2D eigenvalue weighted by molar-refractivity contribution is -0.192. The highest BCUT2D eigenvalue weighted by molar-refractivity contribution is 5.79. The number of fused-ring (bicyclic) bond motifs is 1. The third kappa shape index (κ3) is 5.36. The van der Waals surface area contributed by atoms with Crippen LogP contribution in [0, 0.1) is 5.92 Å². The van der Waals surface area contributed by atoms with E-state index in [-0.39, 0.29) is 24.0 Å². The molecule has 12 heteroatoms. The first-order valence-electron chi connectivity index (χ1n) is 9.59. The highest BCUT2D eigenvalue weighted by Gasteiger charge is 2.44. The number of carboxylic acids is 1. The summed E-state index contributed by atoms with van der Waals surface area (Å²) >= 11 is 0. The van der Waals surface area contributed by atoms with E-state index in [1.54, 1.807) is 12.4 Å². The monoisotopic (exact) mass is 432 g/mol. The first kappa shape index (κ1) is 22.2. The number of alkyl halides is 3. The largest absolute Gasteiger partial charge is 0.490 e. The summed E-state index contributed by atoms with van der Waals surface area (Å²) in [5.74, 6) is -1.68. The van der Waals surface area contributed by atoms with E-state index >= 15 is 0 Å². The topological polar surface area (TPSA) is 105 Å². The number of aromatic nitrogens is 2. The van der Waals surface area contributed by atoms with Crippen LogP contribution in [0.1, 0.15) is 12.8 Å². The molecule has 2 atom stereocenters. The molecule has 3 aliphatic rings. The molecular formula is C18H23F3N4O5. The van der Waals surface area contributed by atoms with Crippen LogP contribution in [-0.2, 0) is 19.1 Å². The fourth-order valence-electron chi connectivity index (χ4n) is 3.76. The minimum Gasteiger partial charge on any atom is -0.475 e. The van der Waals surface area contributed by atoms with E-state index in [1.165, 1.54) is 0 Å². The Morgan fingerprint density at radius 2 is 1.73 bits per heavy atom. The Morgan fingerprint density at radius 1 is 1.10 bits per heavy atom. The normalized spacial score (nSPS) is 24.6. The van der Waals surface area contributed by atoms with Gasteiger partial charge in [0.25, 0.3) is 0 Å². The number of amides is 1. The molecule has 3 saturated heterocycles. The average molecular weight is 432 g/mol. The number of aliphatic carboxylic acids is 1. The Labute approximate surface area is 170 Å². The third-order valence-corrected chi connectivity index (χ3v) is 5.24. The lowest BCUT2D eigenvalue weighted by atomic mass is 9.99. The van der Waals surface area contributed by atoms with Gasteiger partial charge in [-0.05, 0) is 18.9 Å². The molecule has 166 valence electrons. The number of morpholine rings is 1. The number of carbonyl (C=O) groups is 2. The van der Waals surface area contributed by atoms with E-state index in [0.29, 0.717) is 32.9 Å². The Morgan fingerprint density at radius 3 is 2.33 bits per heavy atom. The number of carbonyl (C=O) groups excluding carboxylic acids is 1. The number of rotatable bonds is 2. The number of ether oxygens (including phenoxy) is 2. The SMILES string of the molecule is O=C(C1CCOCC1)N1C[C@@H]2OCCN(c3ncccn3)[C@@H]2C1.O=C(O)C(F)(F)F. The maximum Gasteiger partial charge on any atom is 0.490 e. The molecule has 0 unspecified atom stereocenters. The molecule has 0 bridgehead atoms. The number of likely N-dealkylation sites (tertiary alicyclic amines) is 1. The van der Waals surface area contributed by atoms with Crippen LogP contribution in [0.25, 0.3) is 0 Å². The Bertz CT molecular complexity index is 730. The summed E-state index contributed by atoms with van der Waals surface area (Å²) in [6, 6.07) is 1.96. The number of nitrogens with zero attached hydrogens (tertiary/aromatic N) is 4. The molecule has 1 aromatic heterocycles. The molecule has 3 fully saturated rings. The van der Waals surface area contributed by atoms with Crippen molar-refractivity contribution >= 4 is 17.8 Å². The standard InChI is InChI=1S/C16H22N4O3.C2HF3O2/c21-15(12-2-7-22-8-3-12)19-10-13-14(11-19)23-9-6-20(13)16-17-4-1-5-18-16;3-2(4,5)1(6)7/h1,4-5,12-14H,2-3,6-11H2;(H,6,7)/t13-,14+;/m1./s1. The van der Waals surface area contributed by atoms with Gasteiger partial charge in [0.2, 0.25) is 11.9 Å².